The Kier molecular flexibility index (Phi) is 4.05. The molecule has 2 aromatic rings. The first kappa shape index (κ1) is 14.8. The van der Waals surface area contributed by atoms with Crippen molar-refractivity contribution in [2.24, 2.45) is 4.99 Å². The molecule has 23 heavy (non-hydrogen) atoms. The number of esters is 1. The summed E-state index contributed by atoms with van der Waals surface area (Å²) in [4.78, 5) is 20.4. The molecule has 3 rings (SSSR count). The molecule has 0 atom stereocenters. The van der Waals surface area contributed by atoms with E-state index >= 15 is 0 Å². The highest BCUT2D eigenvalue weighted by molar-refractivity contribution is 6.14. The van der Waals surface area contributed by atoms with Crippen LogP contribution in [0.3, 0.4) is 0 Å². The zero-order valence-electron chi connectivity index (χ0n) is 12.6. The van der Waals surface area contributed by atoms with Crippen LogP contribution in [0, 0.1) is 0 Å². The van der Waals surface area contributed by atoms with Crippen molar-refractivity contribution in [1.82, 2.24) is 4.98 Å². The number of carbonyl (C=O) groups excluding carboxylic acids is 1. The van der Waals surface area contributed by atoms with Crippen LogP contribution in [0.1, 0.15) is 11.3 Å². The summed E-state index contributed by atoms with van der Waals surface area (Å²) in [7, 11) is 3.06. The average Bonchev–Trinajstić information content (AvgIpc) is 2.95. The highest BCUT2D eigenvalue weighted by Crippen LogP contribution is 2.32. The first-order valence-corrected chi connectivity index (χ1v) is 6.88. The first-order chi connectivity index (χ1) is 11.2. The fraction of sp³-hybridized carbons (Fsp3) is 0.118. The number of cyclic esters (lactones) is 1. The summed E-state index contributed by atoms with van der Waals surface area (Å²) in [6.45, 7) is 0. The fourth-order valence-electron chi connectivity index (χ4n) is 2.18. The normalized spacial score (nSPS) is 15.3. The maximum absolute atomic E-state index is 12.0. The van der Waals surface area contributed by atoms with Crippen LogP contribution in [0.15, 0.2) is 53.3 Å². The summed E-state index contributed by atoms with van der Waals surface area (Å²) < 4.78 is 15.9. The van der Waals surface area contributed by atoms with E-state index in [1.165, 1.54) is 14.2 Å². The summed E-state index contributed by atoms with van der Waals surface area (Å²) in [6.07, 6.45) is 3.21. The second-order valence-corrected chi connectivity index (χ2v) is 4.63. The molecule has 0 unspecified atom stereocenters. The number of pyridine rings is 1. The lowest BCUT2D eigenvalue weighted by atomic mass is 10.1. The third-order valence-electron chi connectivity index (χ3n) is 3.23. The summed E-state index contributed by atoms with van der Waals surface area (Å²) in [5.74, 6) is 0.620. The van der Waals surface area contributed by atoms with Gasteiger partial charge in [-0.2, -0.15) is 0 Å². The van der Waals surface area contributed by atoms with Crippen molar-refractivity contribution in [2.75, 3.05) is 14.2 Å². The Morgan fingerprint density at radius 2 is 1.78 bits per heavy atom. The van der Waals surface area contributed by atoms with E-state index in [1.54, 1.807) is 42.6 Å². The van der Waals surface area contributed by atoms with Gasteiger partial charge in [0.2, 0.25) is 5.90 Å². The van der Waals surface area contributed by atoms with Crippen LogP contribution >= 0.6 is 0 Å². The van der Waals surface area contributed by atoms with Crippen molar-refractivity contribution in [1.29, 1.82) is 0 Å². The molecule has 1 aliphatic heterocycles. The summed E-state index contributed by atoms with van der Waals surface area (Å²) in [5.41, 5.74) is 1.29. The number of nitrogens with zero attached hydrogens (tertiary/aromatic N) is 2. The van der Waals surface area contributed by atoms with Crippen LogP contribution in [-0.4, -0.2) is 31.1 Å². The third kappa shape index (κ3) is 2.91. The first-order valence-electron chi connectivity index (χ1n) is 6.88. The number of methoxy groups -OCH3 is 2. The van der Waals surface area contributed by atoms with Crippen LogP contribution in [0.4, 0.5) is 0 Å². The van der Waals surface area contributed by atoms with Crippen molar-refractivity contribution in [3.63, 3.8) is 0 Å². The van der Waals surface area contributed by atoms with E-state index in [1.807, 2.05) is 6.07 Å². The molecular weight excluding hydrogens is 296 g/mol. The highest BCUT2D eigenvalue weighted by atomic mass is 16.6. The van der Waals surface area contributed by atoms with E-state index < -0.39 is 5.97 Å². The molecule has 2 heterocycles. The van der Waals surface area contributed by atoms with Crippen molar-refractivity contribution < 1.29 is 19.0 Å². The highest BCUT2D eigenvalue weighted by Gasteiger charge is 2.28. The monoisotopic (exact) mass is 310 g/mol. The van der Waals surface area contributed by atoms with E-state index in [-0.39, 0.29) is 11.6 Å². The van der Waals surface area contributed by atoms with Gasteiger partial charge in [-0.05, 0) is 30.3 Å². The van der Waals surface area contributed by atoms with Gasteiger partial charge in [-0.25, -0.2) is 9.79 Å². The van der Waals surface area contributed by atoms with E-state index in [2.05, 4.69) is 9.98 Å². The van der Waals surface area contributed by atoms with Crippen LogP contribution in [0.25, 0.3) is 6.08 Å². The number of hydrogen-bond acceptors (Lipinski definition) is 6. The van der Waals surface area contributed by atoms with Crippen LogP contribution in [0.5, 0.6) is 11.5 Å². The van der Waals surface area contributed by atoms with Crippen LogP contribution in [0.2, 0.25) is 0 Å². The van der Waals surface area contributed by atoms with Gasteiger partial charge < -0.3 is 14.2 Å². The smallest absolute Gasteiger partial charge is 0.363 e. The molecule has 0 bridgehead atoms. The molecule has 1 aliphatic rings. The minimum absolute atomic E-state index is 0.145. The van der Waals surface area contributed by atoms with Gasteiger partial charge in [-0.1, -0.05) is 12.1 Å². The molecule has 116 valence electrons. The van der Waals surface area contributed by atoms with Crippen molar-refractivity contribution in [2.45, 2.75) is 0 Å². The molecule has 0 saturated heterocycles. The van der Waals surface area contributed by atoms with Gasteiger partial charge >= 0.3 is 5.97 Å². The summed E-state index contributed by atoms with van der Waals surface area (Å²) >= 11 is 0. The van der Waals surface area contributed by atoms with Crippen molar-refractivity contribution in [3.05, 3.63) is 59.5 Å². The van der Waals surface area contributed by atoms with Gasteiger partial charge in [0.1, 0.15) is 17.1 Å². The average molecular weight is 310 g/mol. The Balaban J connectivity index is 2.04. The fourth-order valence-corrected chi connectivity index (χ4v) is 2.18. The minimum atomic E-state index is -0.543. The van der Waals surface area contributed by atoms with Crippen LogP contribution in [-0.2, 0) is 9.53 Å². The predicted molar refractivity (Wildman–Crippen MR) is 84.4 cm³/mol. The second kappa shape index (κ2) is 6.31. The Bertz CT molecular complexity index is 775. The van der Waals surface area contributed by atoms with Gasteiger partial charge in [-0.3, -0.25) is 4.98 Å². The Labute approximate surface area is 133 Å². The van der Waals surface area contributed by atoms with E-state index in [0.29, 0.717) is 22.8 Å². The van der Waals surface area contributed by atoms with Crippen LogP contribution < -0.4 is 9.47 Å². The number of hydrogen-bond donors (Lipinski definition) is 0. The lowest BCUT2D eigenvalue weighted by Gasteiger charge is -2.11. The second-order valence-electron chi connectivity index (χ2n) is 4.63. The molecule has 1 aromatic heterocycles. The lowest BCUT2D eigenvalue weighted by Crippen LogP contribution is -2.08. The Morgan fingerprint density at radius 3 is 2.39 bits per heavy atom. The number of carbonyl (C=O) groups is 1. The minimum Gasteiger partial charge on any atom is -0.496 e. The molecule has 0 fully saturated rings. The van der Waals surface area contributed by atoms with Gasteiger partial charge in [0, 0.05) is 6.20 Å². The molecule has 1 aromatic carbocycles. The molecule has 0 radical (unpaired) electrons. The lowest BCUT2D eigenvalue weighted by molar-refractivity contribution is -0.129. The summed E-state index contributed by atoms with van der Waals surface area (Å²) in [6, 6.07) is 10.7. The molecule has 0 spiro atoms. The number of aromatic nitrogens is 1. The quantitative estimate of drug-likeness (QED) is 0.641. The third-order valence-corrected chi connectivity index (χ3v) is 3.23. The maximum atomic E-state index is 12.0. The number of ether oxygens (including phenoxy) is 3. The molecule has 0 amide bonds. The molecule has 0 saturated carbocycles. The van der Waals surface area contributed by atoms with Gasteiger partial charge in [-0.15, -0.1) is 0 Å². The van der Waals surface area contributed by atoms with Crippen molar-refractivity contribution in [3.8, 4) is 11.5 Å². The topological polar surface area (TPSA) is 70.0 Å². The predicted octanol–water partition coefficient (Wildman–Crippen LogP) is 2.44. The molecular formula is C17H14N2O4. The standard InChI is InChI=1S/C17H14N2O4/c1-21-13-7-5-8-14(22-2)15(13)16-19-12(17(20)23-16)10-11-6-3-4-9-18-11/h3-10H,1-2H3/b12-10+. The van der Waals surface area contributed by atoms with E-state index in [9.17, 15) is 4.79 Å². The molecule has 0 aliphatic carbocycles. The van der Waals surface area contributed by atoms with Crippen molar-refractivity contribution >= 4 is 17.9 Å². The summed E-state index contributed by atoms with van der Waals surface area (Å²) in [5, 5.41) is 0. The van der Waals surface area contributed by atoms with Gasteiger partial charge in [0.15, 0.2) is 5.70 Å². The Hall–Kier alpha value is -3.15. The van der Waals surface area contributed by atoms with E-state index in [4.69, 9.17) is 14.2 Å². The van der Waals surface area contributed by atoms with E-state index in [0.717, 1.165) is 0 Å². The molecule has 6 heteroatoms. The van der Waals surface area contributed by atoms with Gasteiger partial charge in [0.05, 0.1) is 19.9 Å². The Morgan fingerprint density at radius 1 is 1.04 bits per heavy atom. The zero-order valence-corrected chi connectivity index (χ0v) is 12.6. The maximum Gasteiger partial charge on any atom is 0.363 e. The zero-order chi connectivity index (χ0) is 16.2. The SMILES string of the molecule is COc1cccc(OC)c1C1=N/C(=C/c2ccccn2)C(=O)O1. The number of benzene rings is 1. The number of aliphatic imine (C=N–C) groups is 1. The largest absolute Gasteiger partial charge is 0.496 e. The molecule has 6 nitrogen and oxygen atoms in total. The molecule has 0 N–H and O–H groups in total. The van der Waals surface area contributed by atoms with Gasteiger partial charge in [0.25, 0.3) is 0 Å². The number of rotatable bonds is 4.